The van der Waals surface area contributed by atoms with E-state index in [-0.39, 0.29) is 12.1 Å². The molecule has 2 nitrogen and oxygen atoms in total. The van der Waals surface area contributed by atoms with Crippen LogP contribution in [-0.4, -0.2) is 12.1 Å². The van der Waals surface area contributed by atoms with E-state index in [9.17, 15) is 4.79 Å². The quantitative estimate of drug-likeness (QED) is 0.320. The highest BCUT2D eigenvalue weighted by Gasteiger charge is 2.58. The van der Waals surface area contributed by atoms with Crippen LogP contribution in [0.5, 0.6) is 0 Å². The van der Waals surface area contributed by atoms with E-state index in [1.807, 2.05) is 5.57 Å². The molecule has 0 radical (unpaired) electrons. The summed E-state index contributed by atoms with van der Waals surface area (Å²) in [7, 11) is 0. The van der Waals surface area contributed by atoms with Crippen molar-refractivity contribution in [1.82, 2.24) is 0 Å². The maximum Gasteiger partial charge on any atom is 0.302 e. The van der Waals surface area contributed by atoms with E-state index in [4.69, 9.17) is 4.74 Å². The molecule has 0 aromatic carbocycles. The van der Waals surface area contributed by atoms with Crippen molar-refractivity contribution in [2.24, 2.45) is 52.3 Å². The zero-order valence-electron chi connectivity index (χ0n) is 21.8. The molecular weight excluding hydrogens is 392 g/mol. The second-order valence-corrected chi connectivity index (χ2v) is 12.8. The predicted octanol–water partition coefficient (Wildman–Crippen LogP) is 7.98. The van der Waals surface area contributed by atoms with Crippen LogP contribution in [0, 0.1) is 52.3 Å². The lowest BCUT2D eigenvalue weighted by Gasteiger charge is -2.60. The molecule has 0 spiro atoms. The number of allylic oxidation sites excluding steroid dienone is 4. The molecule has 0 amide bonds. The first-order valence-corrected chi connectivity index (χ1v) is 13.6. The van der Waals surface area contributed by atoms with Gasteiger partial charge in [0, 0.05) is 6.92 Å². The molecule has 3 fully saturated rings. The summed E-state index contributed by atoms with van der Waals surface area (Å²) in [5.41, 5.74) is 2.65. The Morgan fingerprint density at radius 2 is 1.81 bits per heavy atom. The van der Waals surface area contributed by atoms with Gasteiger partial charge < -0.3 is 4.74 Å². The molecule has 0 N–H and O–H groups in total. The first-order chi connectivity index (χ1) is 15.1. The second kappa shape index (κ2) is 8.95. The van der Waals surface area contributed by atoms with Crippen molar-refractivity contribution < 1.29 is 9.53 Å². The van der Waals surface area contributed by atoms with Crippen molar-refractivity contribution in [3.8, 4) is 0 Å². The highest BCUT2D eigenvalue weighted by atomic mass is 16.5. The van der Waals surface area contributed by atoms with E-state index >= 15 is 0 Å². The Hall–Kier alpha value is -1.05. The van der Waals surface area contributed by atoms with Gasteiger partial charge in [-0.15, -0.1) is 0 Å². The first kappa shape index (κ1) is 24.1. The highest BCUT2D eigenvalue weighted by molar-refractivity contribution is 5.66. The van der Waals surface area contributed by atoms with E-state index in [1.165, 1.54) is 38.5 Å². The molecule has 32 heavy (non-hydrogen) atoms. The fourth-order valence-corrected chi connectivity index (χ4v) is 8.43. The van der Waals surface area contributed by atoms with Crippen LogP contribution >= 0.6 is 0 Å². The Bertz CT molecular complexity index is 763. The number of esters is 1. The summed E-state index contributed by atoms with van der Waals surface area (Å²) in [6, 6.07) is 0. The topological polar surface area (TPSA) is 26.3 Å². The number of rotatable bonds is 5. The summed E-state index contributed by atoms with van der Waals surface area (Å²) in [5.74, 6) is 5.02. The van der Waals surface area contributed by atoms with Crippen molar-refractivity contribution in [3.05, 3.63) is 23.8 Å². The molecule has 0 saturated heterocycles. The van der Waals surface area contributed by atoms with Crippen molar-refractivity contribution in [2.75, 3.05) is 0 Å². The van der Waals surface area contributed by atoms with Crippen LogP contribution in [0.15, 0.2) is 23.8 Å². The average Bonchev–Trinajstić information content (AvgIpc) is 3.08. The van der Waals surface area contributed by atoms with Gasteiger partial charge in [0.05, 0.1) is 0 Å². The SMILES string of the molecule is CC(=O)O[C@@H]1CCC2(C)C(CCC3C4=CC[C@H]([C@H](C)/C=C/[C@H](C)C(C)C)C4(C)CCC32)C1. The van der Waals surface area contributed by atoms with Gasteiger partial charge in [0.1, 0.15) is 6.10 Å². The molecule has 4 rings (SSSR count). The van der Waals surface area contributed by atoms with Crippen molar-refractivity contribution >= 4 is 5.97 Å². The fourth-order valence-electron chi connectivity index (χ4n) is 8.43. The summed E-state index contributed by atoms with van der Waals surface area (Å²) < 4.78 is 5.64. The lowest BCUT2D eigenvalue weighted by atomic mass is 9.45. The van der Waals surface area contributed by atoms with E-state index in [1.54, 1.807) is 6.92 Å². The summed E-state index contributed by atoms with van der Waals surface area (Å²) in [5, 5.41) is 0. The molecule has 0 bridgehead atoms. The fraction of sp³-hybridized carbons (Fsp3) is 0.833. The van der Waals surface area contributed by atoms with Crippen LogP contribution in [0.3, 0.4) is 0 Å². The molecule has 4 aliphatic carbocycles. The number of carbonyl (C=O) groups is 1. The summed E-state index contributed by atoms with van der Waals surface area (Å²) >= 11 is 0. The minimum absolute atomic E-state index is 0.103. The minimum atomic E-state index is -0.103. The van der Waals surface area contributed by atoms with Gasteiger partial charge in [0.15, 0.2) is 0 Å². The molecule has 3 saturated carbocycles. The summed E-state index contributed by atoms with van der Waals surface area (Å²) in [4.78, 5) is 11.5. The van der Waals surface area contributed by atoms with Crippen LogP contribution in [0.4, 0.5) is 0 Å². The lowest BCUT2D eigenvalue weighted by molar-refractivity contribution is -0.155. The summed E-state index contributed by atoms with van der Waals surface area (Å²) in [6.07, 6.45) is 17.9. The maximum absolute atomic E-state index is 11.5. The molecule has 180 valence electrons. The van der Waals surface area contributed by atoms with Crippen molar-refractivity contribution in [3.63, 3.8) is 0 Å². The monoisotopic (exact) mass is 440 g/mol. The zero-order valence-corrected chi connectivity index (χ0v) is 21.8. The van der Waals surface area contributed by atoms with Crippen LogP contribution < -0.4 is 0 Å². The van der Waals surface area contributed by atoms with E-state index in [0.29, 0.717) is 28.6 Å². The summed E-state index contributed by atoms with van der Waals surface area (Å²) in [6.45, 7) is 16.2. The third kappa shape index (κ3) is 4.14. The van der Waals surface area contributed by atoms with Gasteiger partial charge in [-0.3, -0.25) is 4.79 Å². The number of carbonyl (C=O) groups excluding carboxylic acids is 1. The van der Waals surface area contributed by atoms with Gasteiger partial charge >= 0.3 is 5.97 Å². The Labute approximate surface area is 197 Å². The van der Waals surface area contributed by atoms with Gasteiger partial charge in [-0.1, -0.05) is 65.3 Å². The number of ether oxygens (including phenoxy) is 1. The normalized spacial score (nSPS) is 43.2. The smallest absolute Gasteiger partial charge is 0.302 e. The molecule has 0 aromatic rings. The van der Waals surface area contributed by atoms with Gasteiger partial charge in [0.25, 0.3) is 0 Å². The molecule has 9 atom stereocenters. The molecule has 0 aromatic heterocycles. The van der Waals surface area contributed by atoms with Crippen molar-refractivity contribution in [2.45, 2.75) is 106 Å². The largest absolute Gasteiger partial charge is 0.463 e. The third-order valence-corrected chi connectivity index (χ3v) is 10.8. The number of hydrogen-bond acceptors (Lipinski definition) is 2. The number of hydrogen-bond donors (Lipinski definition) is 0. The van der Waals surface area contributed by atoms with Crippen LogP contribution in [0.1, 0.15) is 99.8 Å². The van der Waals surface area contributed by atoms with Gasteiger partial charge in [-0.2, -0.15) is 0 Å². The van der Waals surface area contributed by atoms with E-state index in [2.05, 4.69) is 59.8 Å². The van der Waals surface area contributed by atoms with Gasteiger partial charge in [0.2, 0.25) is 0 Å². The Morgan fingerprint density at radius 3 is 2.50 bits per heavy atom. The highest BCUT2D eigenvalue weighted by Crippen LogP contribution is 2.66. The van der Waals surface area contributed by atoms with Gasteiger partial charge in [-0.25, -0.2) is 0 Å². The molecule has 0 aliphatic heterocycles. The van der Waals surface area contributed by atoms with E-state index in [0.717, 1.165) is 36.5 Å². The zero-order chi connectivity index (χ0) is 23.3. The predicted molar refractivity (Wildman–Crippen MR) is 133 cm³/mol. The minimum Gasteiger partial charge on any atom is -0.463 e. The maximum atomic E-state index is 11.5. The first-order valence-electron chi connectivity index (χ1n) is 13.6. The number of fused-ring (bicyclic) bond motifs is 5. The molecular formula is C30H48O2. The Morgan fingerprint density at radius 1 is 1.06 bits per heavy atom. The van der Waals surface area contributed by atoms with Crippen LogP contribution in [-0.2, 0) is 9.53 Å². The average molecular weight is 441 g/mol. The lowest BCUT2D eigenvalue weighted by Crippen LogP contribution is -2.52. The molecule has 5 unspecified atom stereocenters. The van der Waals surface area contributed by atoms with Crippen molar-refractivity contribution in [1.29, 1.82) is 0 Å². The second-order valence-electron chi connectivity index (χ2n) is 12.8. The molecule has 0 heterocycles. The standard InChI is InChI=1S/C30H48O2/c1-19(2)20(3)8-9-21(4)26-12-13-27-25-11-10-23-18-24(32-22(5)31)14-16-29(23,6)28(25)15-17-30(26,27)7/h8-9,13,19-21,23-26,28H,10-12,14-18H2,1-7H3/b9-8+/t20-,21+,23?,24+,25?,26+,28?,29?,30?/m0/s1. The van der Waals surface area contributed by atoms with Crippen LogP contribution in [0.25, 0.3) is 0 Å². The Balaban J connectivity index is 1.48. The molecule has 4 aliphatic rings. The van der Waals surface area contributed by atoms with Crippen LogP contribution in [0.2, 0.25) is 0 Å². The van der Waals surface area contributed by atoms with Gasteiger partial charge in [-0.05, 0) is 104 Å². The van der Waals surface area contributed by atoms with E-state index < -0.39 is 0 Å². The molecule has 2 heteroatoms. The Kier molecular flexibility index (Phi) is 6.74. The third-order valence-electron chi connectivity index (χ3n) is 10.8.